The molecule has 2 aliphatic rings. The van der Waals surface area contributed by atoms with E-state index in [1.807, 2.05) is 4.90 Å². The average Bonchev–Trinajstić information content (AvgIpc) is 2.59. The molecule has 1 atom stereocenters. The lowest BCUT2D eigenvalue weighted by Crippen LogP contribution is -2.45. The van der Waals surface area contributed by atoms with Crippen LogP contribution in [-0.4, -0.2) is 43.2 Å². The van der Waals surface area contributed by atoms with Gasteiger partial charge in [-0.05, 0) is 43.2 Å². The largest absolute Gasteiger partial charge is 0.381 e. The molecule has 4 heteroatoms. The fourth-order valence-corrected chi connectivity index (χ4v) is 3.45. The summed E-state index contributed by atoms with van der Waals surface area (Å²) in [6.07, 6.45) is 3.16. The summed E-state index contributed by atoms with van der Waals surface area (Å²) in [6.45, 7) is 5.93. The van der Waals surface area contributed by atoms with Gasteiger partial charge < -0.3 is 15.0 Å². The molecule has 1 N–H and O–H groups in total. The van der Waals surface area contributed by atoms with E-state index in [1.165, 1.54) is 11.1 Å². The number of carbonyl (C=O) groups excluding carboxylic acids is 1. The Bertz CT molecular complexity index is 512. The van der Waals surface area contributed by atoms with Crippen LogP contribution in [0.3, 0.4) is 0 Å². The first-order chi connectivity index (χ1) is 10.7. The van der Waals surface area contributed by atoms with Crippen LogP contribution in [0.4, 0.5) is 0 Å². The monoisotopic (exact) mass is 302 g/mol. The van der Waals surface area contributed by atoms with Gasteiger partial charge in [-0.2, -0.15) is 0 Å². The van der Waals surface area contributed by atoms with Crippen LogP contribution >= 0.6 is 0 Å². The molecule has 0 aromatic heterocycles. The van der Waals surface area contributed by atoms with Crippen molar-refractivity contribution in [2.75, 3.05) is 26.3 Å². The molecule has 0 spiro atoms. The number of fused-ring (bicyclic) bond motifs is 1. The zero-order chi connectivity index (χ0) is 15.4. The van der Waals surface area contributed by atoms with Crippen molar-refractivity contribution in [3.63, 3.8) is 0 Å². The lowest BCUT2D eigenvalue weighted by Gasteiger charge is -2.31. The highest BCUT2D eigenvalue weighted by Gasteiger charge is 2.23. The first-order valence-corrected chi connectivity index (χ1v) is 8.39. The van der Waals surface area contributed by atoms with E-state index >= 15 is 0 Å². The smallest absolute Gasteiger partial charge is 0.236 e. The number of hydrogen-bond acceptors (Lipinski definition) is 3. The number of amides is 1. The predicted molar refractivity (Wildman–Crippen MR) is 86.6 cm³/mol. The summed E-state index contributed by atoms with van der Waals surface area (Å²) in [5, 5.41) is 3.43. The molecule has 120 valence electrons. The normalized spacial score (nSPS) is 20.5. The van der Waals surface area contributed by atoms with Crippen LogP contribution < -0.4 is 5.32 Å². The van der Waals surface area contributed by atoms with E-state index in [9.17, 15) is 4.79 Å². The maximum atomic E-state index is 12.4. The van der Waals surface area contributed by atoms with Crippen LogP contribution in [0.1, 0.15) is 30.9 Å². The second-order valence-corrected chi connectivity index (χ2v) is 6.45. The second kappa shape index (κ2) is 7.25. The lowest BCUT2D eigenvalue weighted by atomic mass is 9.93. The van der Waals surface area contributed by atoms with Crippen LogP contribution in [0.15, 0.2) is 24.3 Å². The zero-order valence-electron chi connectivity index (χ0n) is 13.4. The Morgan fingerprint density at radius 2 is 2.05 bits per heavy atom. The second-order valence-electron chi connectivity index (χ2n) is 6.45. The SMILES string of the molecule is CC(NCC(=O)N1CCc2ccccc2C1)C1CCOCC1. The van der Waals surface area contributed by atoms with Gasteiger partial charge in [0.25, 0.3) is 0 Å². The van der Waals surface area contributed by atoms with Crippen LogP contribution in [0.25, 0.3) is 0 Å². The van der Waals surface area contributed by atoms with Crippen LogP contribution in [0.5, 0.6) is 0 Å². The maximum absolute atomic E-state index is 12.4. The van der Waals surface area contributed by atoms with Crippen molar-refractivity contribution in [1.82, 2.24) is 10.2 Å². The van der Waals surface area contributed by atoms with Gasteiger partial charge in [-0.1, -0.05) is 24.3 Å². The van der Waals surface area contributed by atoms with Crippen molar-refractivity contribution in [1.29, 1.82) is 0 Å². The standard InChI is InChI=1S/C18H26N2O2/c1-14(15-7-10-22-11-8-15)19-12-18(21)20-9-6-16-4-2-3-5-17(16)13-20/h2-5,14-15,19H,6-13H2,1H3. The Morgan fingerprint density at radius 1 is 1.32 bits per heavy atom. The fraction of sp³-hybridized carbons (Fsp3) is 0.611. The first-order valence-electron chi connectivity index (χ1n) is 8.39. The molecule has 0 saturated carbocycles. The molecule has 2 aliphatic heterocycles. The molecule has 4 nitrogen and oxygen atoms in total. The van der Waals surface area contributed by atoms with E-state index in [-0.39, 0.29) is 5.91 Å². The van der Waals surface area contributed by atoms with E-state index < -0.39 is 0 Å². The molecular weight excluding hydrogens is 276 g/mol. The van der Waals surface area contributed by atoms with E-state index in [2.05, 4.69) is 36.5 Å². The van der Waals surface area contributed by atoms with Gasteiger partial charge in [-0.15, -0.1) is 0 Å². The van der Waals surface area contributed by atoms with E-state index in [1.54, 1.807) is 0 Å². The maximum Gasteiger partial charge on any atom is 0.236 e. The van der Waals surface area contributed by atoms with Crippen LogP contribution in [-0.2, 0) is 22.5 Å². The van der Waals surface area contributed by atoms with Crippen LogP contribution in [0, 0.1) is 5.92 Å². The topological polar surface area (TPSA) is 41.6 Å². The van der Waals surface area contributed by atoms with Crippen LogP contribution in [0.2, 0.25) is 0 Å². The Labute approximate surface area is 132 Å². The average molecular weight is 302 g/mol. The molecule has 1 aromatic carbocycles. The summed E-state index contributed by atoms with van der Waals surface area (Å²) in [5.41, 5.74) is 2.68. The Hall–Kier alpha value is -1.39. The van der Waals surface area contributed by atoms with E-state index in [4.69, 9.17) is 4.74 Å². The molecule has 1 saturated heterocycles. The van der Waals surface area contributed by atoms with E-state index in [0.717, 1.165) is 45.6 Å². The molecule has 2 heterocycles. The highest BCUT2D eigenvalue weighted by molar-refractivity contribution is 5.78. The number of ether oxygens (including phenoxy) is 1. The molecule has 1 unspecified atom stereocenters. The molecular formula is C18H26N2O2. The van der Waals surface area contributed by atoms with E-state index in [0.29, 0.717) is 18.5 Å². The highest BCUT2D eigenvalue weighted by atomic mass is 16.5. The molecule has 0 radical (unpaired) electrons. The Balaban J connectivity index is 1.48. The minimum Gasteiger partial charge on any atom is -0.381 e. The van der Waals surface area contributed by atoms with Crippen molar-refractivity contribution >= 4 is 5.91 Å². The molecule has 1 amide bonds. The zero-order valence-corrected chi connectivity index (χ0v) is 13.4. The third-order valence-corrected chi connectivity index (χ3v) is 5.03. The van der Waals surface area contributed by atoms with Crippen molar-refractivity contribution in [2.24, 2.45) is 5.92 Å². The highest BCUT2D eigenvalue weighted by Crippen LogP contribution is 2.20. The van der Waals surface area contributed by atoms with Crippen molar-refractivity contribution in [3.05, 3.63) is 35.4 Å². The van der Waals surface area contributed by atoms with Gasteiger partial charge in [0, 0.05) is 32.3 Å². The summed E-state index contributed by atoms with van der Waals surface area (Å²) < 4.78 is 5.40. The molecule has 1 fully saturated rings. The van der Waals surface area contributed by atoms with Gasteiger partial charge in [-0.25, -0.2) is 0 Å². The fourth-order valence-electron chi connectivity index (χ4n) is 3.45. The quantitative estimate of drug-likeness (QED) is 0.924. The number of hydrogen-bond donors (Lipinski definition) is 1. The van der Waals surface area contributed by atoms with Crippen molar-refractivity contribution < 1.29 is 9.53 Å². The number of nitrogens with one attached hydrogen (secondary N) is 1. The predicted octanol–water partition coefficient (Wildman–Crippen LogP) is 1.98. The molecule has 0 aliphatic carbocycles. The van der Waals surface area contributed by atoms with Gasteiger partial charge in [0.1, 0.15) is 0 Å². The third-order valence-electron chi connectivity index (χ3n) is 5.03. The Morgan fingerprint density at radius 3 is 2.82 bits per heavy atom. The van der Waals surface area contributed by atoms with Gasteiger partial charge in [0.2, 0.25) is 5.91 Å². The van der Waals surface area contributed by atoms with Gasteiger partial charge >= 0.3 is 0 Å². The third kappa shape index (κ3) is 3.68. The first kappa shape index (κ1) is 15.5. The van der Waals surface area contributed by atoms with Gasteiger partial charge in [0.05, 0.1) is 6.54 Å². The number of benzene rings is 1. The lowest BCUT2D eigenvalue weighted by molar-refractivity contribution is -0.131. The minimum atomic E-state index is 0.216. The molecule has 3 rings (SSSR count). The minimum absolute atomic E-state index is 0.216. The molecule has 1 aromatic rings. The number of nitrogens with zero attached hydrogens (tertiary/aromatic N) is 1. The summed E-state index contributed by atoms with van der Waals surface area (Å²) in [6, 6.07) is 8.81. The molecule has 0 bridgehead atoms. The summed E-state index contributed by atoms with van der Waals surface area (Å²) in [5.74, 6) is 0.844. The Kier molecular flexibility index (Phi) is 5.11. The summed E-state index contributed by atoms with van der Waals surface area (Å²) in [4.78, 5) is 14.4. The summed E-state index contributed by atoms with van der Waals surface area (Å²) in [7, 11) is 0. The van der Waals surface area contributed by atoms with Crippen molar-refractivity contribution in [2.45, 2.75) is 38.8 Å². The van der Waals surface area contributed by atoms with Gasteiger partial charge in [0.15, 0.2) is 0 Å². The number of carbonyl (C=O) groups is 1. The molecule has 22 heavy (non-hydrogen) atoms. The van der Waals surface area contributed by atoms with Gasteiger partial charge in [-0.3, -0.25) is 4.79 Å². The van der Waals surface area contributed by atoms with Crippen molar-refractivity contribution in [3.8, 4) is 0 Å². The number of rotatable bonds is 4. The summed E-state index contributed by atoms with van der Waals surface area (Å²) >= 11 is 0.